The molecule has 6 nitrogen and oxygen atoms in total. The maximum absolute atomic E-state index is 13.2. The lowest BCUT2D eigenvalue weighted by molar-refractivity contribution is -0.122. The van der Waals surface area contributed by atoms with Crippen LogP contribution in [0.5, 0.6) is 0 Å². The summed E-state index contributed by atoms with van der Waals surface area (Å²) in [6.07, 6.45) is 3.88. The van der Waals surface area contributed by atoms with Crippen LogP contribution >= 0.6 is 0 Å². The molecule has 0 amide bonds. The van der Waals surface area contributed by atoms with E-state index in [0.717, 1.165) is 22.5 Å². The molecule has 0 radical (unpaired) electrons. The van der Waals surface area contributed by atoms with E-state index >= 15 is 0 Å². The van der Waals surface area contributed by atoms with Crippen molar-refractivity contribution in [3.8, 4) is 11.3 Å². The van der Waals surface area contributed by atoms with Crippen LogP contribution in [-0.2, 0) is 9.59 Å². The molecule has 29 heavy (non-hydrogen) atoms. The maximum atomic E-state index is 13.2. The molecular formula is C22H30FN3O3. The Morgan fingerprint density at radius 3 is 2.03 bits per heavy atom. The van der Waals surface area contributed by atoms with Crippen LogP contribution in [0.4, 0.5) is 10.3 Å². The fraction of sp³-hybridized carbons (Fsp3) is 0.364. The molecule has 1 N–H and O–H groups in total. The SMILES string of the molecule is CC.CC(C)c1nc(N(C)C)nc(-c2ccc(F)cc2)c1/C=C/CO.O=CC=O. The minimum absolute atomic E-state index is 0.0597. The van der Waals surface area contributed by atoms with Crippen LogP contribution in [0, 0.1) is 5.82 Å². The molecule has 0 saturated heterocycles. The van der Waals surface area contributed by atoms with Crippen molar-refractivity contribution in [2.45, 2.75) is 33.6 Å². The van der Waals surface area contributed by atoms with Crippen molar-refractivity contribution in [3.63, 3.8) is 0 Å². The summed E-state index contributed by atoms with van der Waals surface area (Å²) in [6.45, 7) is 8.06. The van der Waals surface area contributed by atoms with Gasteiger partial charge in [-0.1, -0.05) is 39.8 Å². The molecule has 0 aliphatic rings. The number of benzene rings is 1. The third-order valence-electron chi connectivity index (χ3n) is 3.47. The van der Waals surface area contributed by atoms with Gasteiger partial charge >= 0.3 is 0 Å². The fourth-order valence-corrected chi connectivity index (χ4v) is 2.28. The predicted molar refractivity (Wildman–Crippen MR) is 115 cm³/mol. The highest BCUT2D eigenvalue weighted by atomic mass is 19.1. The van der Waals surface area contributed by atoms with Crippen molar-refractivity contribution in [1.82, 2.24) is 9.97 Å². The molecule has 2 aromatic rings. The molecule has 0 saturated carbocycles. The summed E-state index contributed by atoms with van der Waals surface area (Å²) in [5.41, 5.74) is 3.30. The Hall–Kier alpha value is -2.93. The number of aliphatic hydroxyl groups is 1. The minimum Gasteiger partial charge on any atom is -0.392 e. The Morgan fingerprint density at radius 2 is 1.62 bits per heavy atom. The minimum atomic E-state index is -0.285. The van der Waals surface area contributed by atoms with E-state index in [1.807, 2.05) is 38.9 Å². The van der Waals surface area contributed by atoms with Crippen molar-refractivity contribution in [3.05, 3.63) is 47.4 Å². The summed E-state index contributed by atoms with van der Waals surface area (Å²) in [7, 11) is 3.77. The van der Waals surface area contributed by atoms with E-state index in [4.69, 9.17) is 14.7 Å². The second-order valence-corrected chi connectivity index (χ2v) is 6.08. The lowest BCUT2D eigenvalue weighted by Crippen LogP contribution is -2.16. The van der Waals surface area contributed by atoms with E-state index in [-0.39, 0.29) is 30.9 Å². The zero-order valence-electron chi connectivity index (χ0n) is 17.9. The predicted octanol–water partition coefficient (Wildman–Crippen LogP) is 3.89. The maximum Gasteiger partial charge on any atom is 0.225 e. The van der Waals surface area contributed by atoms with Crippen molar-refractivity contribution >= 4 is 24.6 Å². The molecule has 0 spiro atoms. The van der Waals surface area contributed by atoms with Crippen LogP contribution in [0.1, 0.15) is 44.9 Å². The van der Waals surface area contributed by atoms with E-state index < -0.39 is 0 Å². The second-order valence-electron chi connectivity index (χ2n) is 6.08. The fourth-order valence-electron chi connectivity index (χ4n) is 2.28. The van der Waals surface area contributed by atoms with E-state index in [9.17, 15) is 4.39 Å². The molecule has 0 aliphatic heterocycles. The lowest BCUT2D eigenvalue weighted by Gasteiger charge is -2.18. The van der Waals surface area contributed by atoms with Gasteiger partial charge in [0.25, 0.3) is 0 Å². The van der Waals surface area contributed by atoms with Crippen LogP contribution in [0.2, 0.25) is 0 Å². The normalized spacial score (nSPS) is 9.97. The average molecular weight is 403 g/mol. The second kappa shape index (κ2) is 14.1. The molecular weight excluding hydrogens is 373 g/mol. The number of nitrogens with zero attached hydrogens (tertiary/aromatic N) is 3. The Kier molecular flexibility index (Phi) is 12.7. The molecule has 0 aliphatic carbocycles. The van der Waals surface area contributed by atoms with Crippen molar-refractivity contribution in [2.75, 3.05) is 25.6 Å². The summed E-state index contributed by atoms with van der Waals surface area (Å²) in [6, 6.07) is 6.25. The first-order valence-corrected chi connectivity index (χ1v) is 9.37. The Labute approximate surface area is 172 Å². The van der Waals surface area contributed by atoms with Gasteiger partial charge in [-0.25, -0.2) is 14.4 Å². The number of carbonyl (C=O) groups is 2. The zero-order chi connectivity index (χ0) is 22.4. The molecule has 0 unspecified atom stereocenters. The topological polar surface area (TPSA) is 83.4 Å². The largest absolute Gasteiger partial charge is 0.392 e. The number of aldehydes is 2. The van der Waals surface area contributed by atoms with Crippen LogP contribution in [0.15, 0.2) is 30.3 Å². The zero-order valence-corrected chi connectivity index (χ0v) is 17.9. The Morgan fingerprint density at radius 1 is 1.07 bits per heavy atom. The van der Waals surface area contributed by atoms with Gasteiger partial charge < -0.3 is 10.0 Å². The number of carbonyl (C=O) groups excluding carboxylic acids is 2. The highest BCUT2D eigenvalue weighted by molar-refractivity contribution is 6.09. The van der Waals surface area contributed by atoms with Gasteiger partial charge in [-0.2, -0.15) is 0 Å². The highest BCUT2D eigenvalue weighted by Crippen LogP contribution is 2.30. The number of rotatable bonds is 6. The van der Waals surface area contributed by atoms with E-state index in [1.165, 1.54) is 12.1 Å². The van der Waals surface area contributed by atoms with E-state index in [0.29, 0.717) is 5.95 Å². The number of hydrogen-bond donors (Lipinski definition) is 1. The van der Waals surface area contributed by atoms with Gasteiger partial charge in [-0.15, -0.1) is 0 Å². The van der Waals surface area contributed by atoms with Crippen molar-refractivity contribution in [2.24, 2.45) is 0 Å². The molecule has 1 heterocycles. The number of aromatic nitrogens is 2. The highest BCUT2D eigenvalue weighted by Gasteiger charge is 2.17. The van der Waals surface area contributed by atoms with Crippen LogP contribution in [0.3, 0.4) is 0 Å². The quantitative estimate of drug-likeness (QED) is 0.582. The monoisotopic (exact) mass is 403 g/mol. The molecule has 0 atom stereocenters. The third kappa shape index (κ3) is 8.31. The smallest absolute Gasteiger partial charge is 0.225 e. The van der Waals surface area contributed by atoms with Gasteiger partial charge in [0.05, 0.1) is 18.0 Å². The first-order chi connectivity index (χ1) is 13.8. The molecule has 1 aromatic heterocycles. The lowest BCUT2D eigenvalue weighted by atomic mass is 9.98. The van der Waals surface area contributed by atoms with Gasteiger partial charge in [0.15, 0.2) is 12.6 Å². The third-order valence-corrected chi connectivity index (χ3v) is 3.47. The molecule has 158 valence electrons. The number of anilines is 1. The van der Waals surface area contributed by atoms with Gasteiger partial charge in [-0.05, 0) is 30.2 Å². The number of halogens is 1. The summed E-state index contributed by atoms with van der Waals surface area (Å²) in [5, 5.41) is 9.11. The Balaban J connectivity index is 0.00000116. The van der Waals surface area contributed by atoms with Crippen LogP contribution in [0.25, 0.3) is 17.3 Å². The molecule has 1 aromatic carbocycles. The van der Waals surface area contributed by atoms with Crippen LogP contribution in [-0.4, -0.2) is 48.3 Å². The van der Waals surface area contributed by atoms with Crippen molar-refractivity contribution < 1.29 is 19.1 Å². The molecule has 0 bridgehead atoms. The first-order valence-electron chi connectivity index (χ1n) is 9.37. The van der Waals surface area contributed by atoms with Gasteiger partial charge in [0, 0.05) is 25.2 Å². The average Bonchev–Trinajstić information content (AvgIpc) is 2.73. The first kappa shape index (κ1) is 26.1. The summed E-state index contributed by atoms with van der Waals surface area (Å²) in [4.78, 5) is 28.7. The van der Waals surface area contributed by atoms with Crippen LogP contribution < -0.4 is 4.90 Å². The standard InChI is InChI=1S/C18H22FN3O.C2H2O2.C2H6/c1-12(2)16-15(6-5-11-23)17(21-18(20-16)22(3)4)13-7-9-14(19)10-8-13;3-1-2-4;1-2/h5-10,12,23H,11H2,1-4H3;1-2H;1-2H3/b6-5+;;. The van der Waals surface area contributed by atoms with Gasteiger partial charge in [0.2, 0.25) is 5.95 Å². The van der Waals surface area contributed by atoms with E-state index in [1.54, 1.807) is 18.2 Å². The van der Waals surface area contributed by atoms with E-state index in [2.05, 4.69) is 23.8 Å². The summed E-state index contributed by atoms with van der Waals surface area (Å²) >= 11 is 0. The number of aliphatic hydroxyl groups excluding tert-OH is 1. The number of hydrogen-bond acceptors (Lipinski definition) is 6. The van der Waals surface area contributed by atoms with Crippen molar-refractivity contribution in [1.29, 1.82) is 0 Å². The molecule has 2 rings (SSSR count). The summed E-state index contributed by atoms with van der Waals surface area (Å²) < 4.78 is 13.2. The van der Waals surface area contributed by atoms with Gasteiger partial charge in [0.1, 0.15) is 5.82 Å². The Bertz CT molecular complexity index is 783. The van der Waals surface area contributed by atoms with Gasteiger partial charge in [-0.3, -0.25) is 9.59 Å². The summed E-state index contributed by atoms with van der Waals surface area (Å²) in [5.74, 6) is 0.510. The molecule has 7 heteroatoms. The molecule has 0 fully saturated rings.